The Morgan fingerprint density at radius 3 is 2.62 bits per heavy atom. The Hall–Kier alpha value is -0.770. The van der Waals surface area contributed by atoms with Crippen LogP contribution in [0.1, 0.15) is 17.2 Å². The van der Waals surface area contributed by atoms with E-state index < -0.39 is 6.10 Å². The quantitative estimate of drug-likeness (QED) is 0.677. The second-order valence-corrected chi connectivity index (χ2v) is 3.33. The molecule has 0 bridgehead atoms. The van der Waals surface area contributed by atoms with Crippen molar-refractivity contribution in [3.63, 3.8) is 0 Å². The highest BCUT2D eigenvalue weighted by Gasteiger charge is 2.10. The zero-order valence-electron chi connectivity index (χ0n) is 7.29. The average Bonchev–Trinajstić information content (AvgIpc) is 2.12. The summed E-state index contributed by atoms with van der Waals surface area (Å²) in [6.45, 7) is 1.86. The highest BCUT2D eigenvalue weighted by atomic mass is 35.5. The van der Waals surface area contributed by atoms with Gasteiger partial charge in [0.2, 0.25) is 0 Å². The van der Waals surface area contributed by atoms with Gasteiger partial charge in [0.25, 0.3) is 0 Å². The number of phenols is 1. The van der Waals surface area contributed by atoms with E-state index in [-0.39, 0.29) is 17.3 Å². The van der Waals surface area contributed by atoms with E-state index in [0.717, 1.165) is 0 Å². The van der Waals surface area contributed by atoms with Crippen molar-refractivity contribution in [2.45, 2.75) is 13.0 Å². The van der Waals surface area contributed by atoms with E-state index in [1.165, 1.54) is 6.07 Å². The first-order valence-corrected chi connectivity index (χ1v) is 4.31. The molecule has 13 heavy (non-hydrogen) atoms. The predicted octanol–water partition coefficient (Wildman–Crippen LogP) is 1.35. The van der Waals surface area contributed by atoms with Gasteiger partial charge in [-0.15, -0.1) is 0 Å². The molecule has 0 aliphatic heterocycles. The van der Waals surface area contributed by atoms with Crippen LogP contribution in [0.5, 0.6) is 5.75 Å². The summed E-state index contributed by atoms with van der Waals surface area (Å²) in [4.78, 5) is 0. The van der Waals surface area contributed by atoms with Gasteiger partial charge in [-0.25, -0.2) is 0 Å². The molecule has 0 heterocycles. The standard InChI is InChI=1S/C9H12ClNO2/c1-5-2-6(8(12)4-11)3-7(10)9(5)13/h2-3,8,12-13H,4,11H2,1H3. The molecule has 4 heteroatoms. The molecule has 1 aromatic rings. The number of rotatable bonds is 2. The van der Waals surface area contributed by atoms with E-state index >= 15 is 0 Å². The van der Waals surface area contributed by atoms with Crippen molar-refractivity contribution >= 4 is 11.6 Å². The summed E-state index contributed by atoms with van der Waals surface area (Å²) in [5.41, 5.74) is 6.55. The largest absolute Gasteiger partial charge is 0.506 e. The molecule has 4 N–H and O–H groups in total. The van der Waals surface area contributed by atoms with Gasteiger partial charge in [0.05, 0.1) is 11.1 Å². The Morgan fingerprint density at radius 2 is 2.15 bits per heavy atom. The lowest BCUT2D eigenvalue weighted by Crippen LogP contribution is -2.11. The van der Waals surface area contributed by atoms with Crippen LogP contribution in [0, 0.1) is 6.92 Å². The van der Waals surface area contributed by atoms with E-state index in [4.69, 9.17) is 17.3 Å². The summed E-state index contributed by atoms with van der Waals surface area (Å²) >= 11 is 5.72. The van der Waals surface area contributed by atoms with Crippen LogP contribution in [0.2, 0.25) is 5.02 Å². The Labute approximate surface area is 81.8 Å². The summed E-state index contributed by atoms with van der Waals surface area (Å²) in [6, 6.07) is 3.18. The van der Waals surface area contributed by atoms with Gasteiger partial charge in [-0.1, -0.05) is 11.6 Å². The van der Waals surface area contributed by atoms with Crippen LogP contribution in [0.3, 0.4) is 0 Å². The molecule has 0 saturated heterocycles. The average molecular weight is 202 g/mol. The number of phenolic OH excluding ortho intramolecular Hbond substituents is 1. The second-order valence-electron chi connectivity index (χ2n) is 2.92. The SMILES string of the molecule is Cc1cc(C(O)CN)cc(Cl)c1O. The minimum Gasteiger partial charge on any atom is -0.506 e. The minimum atomic E-state index is -0.725. The summed E-state index contributed by atoms with van der Waals surface area (Å²) in [6.07, 6.45) is -0.725. The van der Waals surface area contributed by atoms with Crippen molar-refractivity contribution in [2.75, 3.05) is 6.54 Å². The first kappa shape index (κ1) is 10.3. The van der Waals surface area contributed by atoms with Gasteiger partial charge < -0.3 is 15.9 Å². The fourth-order valence-corrected chi connectivity index (χ4v) is 1.37. The first-order chi connectivity index (χ1) is 6.06. The first-order valence-electron chi connectivity index (χ1n) is 3.93. The molecule has 0 aliphatic rings. The van der Waals surface area contributed by atoms with Gasteiger partial charge in [0, 0.05) is 6.54 Å². The topological polar surface area (TPSA) is 66.5 Å². The lowest BCUT2D eigenvalue weighted by Gasteiger charge is -2.10. The molecular weight excluding hydrogens is 190 g/mol. The zero-order valence-corrected chi connectivity index (χ0v) is 8.04. The third-order valence-electron chi connectivity index (χ3n) is 1.88. The number of aliphatic hydroxyl groups is 1. The molecular formula is C9H12ClNO2. The van der Waals surface area contributed by atoms with Gasteiger partial charge in [-0.3, -0.25) is 0 Å². The number of aliphatic hydroxyl groups excluding tert-OH is 1. The molecule has 72 valence electrons. The highest BCUT2D eigenvalue weighted by Crippen LogP contribution is 2.30. The lowest BCUT2D eigenvalue weighted by atomic mass is 10.1. The van der Waals surface area contributed by atoms with Crippen LogP contribution < -0.4 is 5.73 Å². The fourth-order valence-electron chi connectivity index (χ4n) is 1.09. The molecule has 0 spiro atoms. The zero-order chi connectivity index (χ0) is 10.0. The maximum absolute atomic E-state index is 9.40. The van der Waals surface area contributed by atoms with E-state index in [9.17, 15) is 10.2 Å². The Balaban J connectivity index is 3.13. The molecule has 1 rings (SSSR count). The number of hydrogen-bond donors (Lipinski definition) is 3. The van der Waals surface area contributed by atoms with Crippen molar-refractivity contribution in [3.05, 3.63) is 28.3 Å². The van der Waals surface area contributed by atoms with E-state index in [2.05, 4.69) is 0 Å². The fraction of sp³-hybridized carbons (Fsp3) is 0.333. The number of hydrogen-bond acceptors (Lipinski definition) is 3. The smallest absolute Gasteiger partial charge is 0.137 e. The summed E-state index contributed by atoms with van der Waals surface area (Å²) in [5.74, 6) is 0.0506. The molecule has 0 aromatic heterocycles. The summed E-state index contributed by atoms with van der Waals surface area (Å²) in [7, 11) is 0. The number of aryl methyl sites for hydroxylation is 1. The molecule has 1 atom stereocenters. The van der Waals surface area contributed by atoms with Crippen LogP contribution in [0.15, 0.2) is 12.1 Å². The Morgan fingerprint density at radius 1 is 1.54 bits per heavy atom. The van der Waals surface area contributed by atoms with Crippen LogP contribution in [0.25, 0.3) is 0 Å². The molecule has 0 amide bonds. The summed E-state index contributed by atoms with van der Waals surface area (Å²) < 4.78 is 0. The number of nitrogens with two attached hydrogens (primary N) is 1. The lowest BCUT2D eigenvalue weighted by molar-refractivity contribution is 0.186. The Bertz CT molecular complexity index is 291. The number of halogens is 1. The molecule has 0 radical (unpaired) electrons. The molecule has 1 unspecified atom stereocenters. The molecule has 0 fully saturated rings. The maximum atomic E-state index is 9.40. The van der Waals surface area contributed by atoms with E-state index in [1.807, 2.05) is 0 Å². The Kier molecular flexibility index (Phi) is 3.14. The molecule has 0 saturated carbocycles. The third kappa shape index (κ3) is 2.12. The van der Waals surface area contributed by atoms with Gasteiger partial charge in [-0.05, 0) is 30.2 Å². The predicted molar refractivity (Wildman–Crippen MR) is 51.9 cm³/mol. The van der Waals surface area contributed by atoms with Crippen LogP contribution in [-0.2, 0) is 0 Å². The number of benzene rings is 1. The van der Waals surface area contributed by atoms with Gasteiger partial charge in [0.15, 0.2) is 0 Å². The number of aromatic hydroxyl groups is 1. The molecule has 3 nitrogen and oxygen atoms in total. The van der Waals surface area contributed by atoms with Crippen molar-refractivity contribution in [2.24, 2.45) is 5.73 Å². The van der Waals surface area contributed by atoms with Crippen LogP contribution in [-0.4, -0.2) is 16.8 Å². The van der Waals surface area contributed by atoms with Gasteiger partial charge in [0.1, 0.15) is 5.75 Å². The molecule has 0 aliphatic carbocycles. The monoisotopic (exact) mass is 201 g/mol. The molecule has 1 aromatic carbocycles. The van der Waals surface area contributed by atoms with Crippen molar-refractivity contribution < 1.29 is 10.2 Å². The van der Waals surface area contributed by atoms with Gasteiger partial charge >= 0.3 is 0 Å². The van der Waals surface area contributed by atoms with E-state index in [0.29, 0.717) is 11.1 Å². The van der Waals surface area contributed by atoms with Crippen LogP contribution in [0.4, 0.5) is 0 Å². The summed E-state index contributed by atoms with van der Waals surface area (Å²) in [5, 5.41) is 19.0. The second kappa shape index (κ2) is 3.96. The van der Waals surface area contributed by atoms with Gasteiger partial charge in [-0.2, -0.15) is 0 Å². The highest BCUT2D eigenvalue weighted by molar-refractivity contribution is 6.32. The van der Waals surface area contributed by atoms with E-state index in [1.54, 1.807) is 13.0 Å². The minimum absolute atomic E-state index is 0.0506. The van der Waals surface area contributed by atoms with Crippen molar-refractivity contribution in [1.82, 2.24) is 0 Å². The third-order valence-corrected chi connectivity index (χ3v) is 2.17. The van der Waals surface area contributed by atoms with Crippen molar-refractivity contribution in [1.29, 1.82) is 0 Å². The normalized spacial score (nSPS) is 12.9. The maximum Gasteiger partial charge on any atom is 0.137 e. The van der Waals surface area contributed by atoms with Crippen LogP contribution >= 0.6 is 11.6 Å². The van der Waals surface area contributed by atoms with Crippen molar-refractivity contribution in [3.8, 4) is 5.75 Å².